The van der Waals surface area contributed by atoms with Crippen LogP contribution in [0.1, 0.15) is 102 Å². The highest BCUT2D eigenvalue weighted by molar-refractivity contribution is 6.36. The number of Topliss-reactive ketones (excluding diaryl/α,β-unsaturated/α-hetero) is 1. The maximum absolute atomic E-state index is 14.8. The fourth-order valence-corrected chi connectivity index (χ4v) is 11.1. The topological polar surface area (TPSA) is 93.8 Å². The maximum Gasteiger partial charge on any atom is 0.375 e. The quantitative estimate of drug-likeness (QED) is 0.262. The van der Waals surface area contributed by atoms with Crippen LogP contribution in [0.25, 0.3) is 0 Å². The largest absolute Gasteiger partial charge is 0.457 e. The van der Waals surface area contributed by atoms with Crippen molar-refractivity contribution in [3.05, 3.63) is 47.4 Å². The van der Waals surface area contributed by atoms with Gasteiger partial charge in [-0.15, -0.1) is 23.2 Å². The minimum atomic E-state index is -1.87. The zero-order valence-corrected chi connectivity index (χ0v) is 27.3. The Morgan fingerprint density at radius 2 is 1.90 bits per heavy atom. The molecule has 3 saturated carbocycles. The molecular weight excluding hydrogens is 575 g/mol. The van der Waals surface area contributed by atoms with Crippen molar-refractivity contribution in [1.82, 2.24) is 0 Å². The lowest BCUT2D eigenvalue weighted by molar-refractivity contribution is -0.240. The number of furan rings is 1. The van der Waals surface area contributed by atoms with Crippen molar-refractivity contribution in [1.29, 1.82) is 0 Å². The number of halogens is 2. The molecule has 6 nitrogen and oxygen atoms in total. The van der Waals surface area contributed by atoms with Crippen LogP contribution >= 0.6 is 23.2 Å². The summed E-state index contributed by atoms with van der Waals surface area (Å²) in [5, 5.41) is 13.0. The van der Waals surface area contributed by atoms with Crippen molar-refractivity contribution in [2.75, 3.05) is 0 Å². The Morgan fingerprint density at radius 3 is 2.45 bits per heavy atom. The van der Waals surface area contributed by atoms with Crippen LogP contribution in [0.3, 0.4) is 0 Å². The number of fused-ring (bicyclic) bond motifs is 5. The fourth-order valence-electron chi connectivity index (χ4n) is 10.2. The smallest absolute Gasteiger partial charge is 0.375 e. The molecule has 0 radical (unpaired) electrons. The van der Waals surface area contributed by atoms with E-state index in [9.17, 15) is 19.5 Å². The molecule has 230 valence electrons. The van der Waals surface area contributed by atoms with Crippen LogP contribution in [0.5, 0.6) is 0 Å². The summed E-state index contributed by atoms with van der Waals surface area (Å²) < 4.78 is 35.6. The number of aliphatic hydroxyl groups is 1. The predicted molar refractivity (Wildman–Crippen MR) is 162 cm³/mol. The van der Waals surface area contributed by atoms with Crippen molar-refractivity contribution in [3.8, 4) is 0 Å². The van der Waals surface area contributed by atoms with Crippen LogP contribution in [0, 0.1) is 34.5 Å². The van der Waals surface area contributed by atoms with Crippen molar-refractivity contribution in [2.45, 2.75) is 108 Å². The van der Waals surface area contributed by atoms with E-state index in [1.807, 2.05) is 33.8 Å². The first kappa shape index (κ1) is 27.6. The van der Waals surface area contributed by atoms with E-state index in [1.165, 1.54) is 0 Å². The Balaban J connectivity index is 1.79. The van der Waals surface area contributed by atoms with Gasteiger partial charge in [0.05, 0.1) is 19.5 Å². The summed E-state index contributed by atoms with van der Waals surface area (Å²) in [7, 11) is 0. The summed E-state index contributed by atoms with van der Waals surface area (Å²) in [5.41, 5.74) is -4.01. The summed E-state index contributed by atoms with van der Waals surface area (Å²) in [4.78, 5) is 38.9. The second-order valence-electron chi connectivity index (χ2n) is 13.8. The van der Waals surface area contributed by atoms with Gasteiger partial charge in [0, 0.05) is 16.7 Å². The Kier molecular flexibility index (Phi) is 6.45. The standard InChI is InChI=1S/C34H44Cl2O6/c1-9-31-18-19(3)25(37)17-22(31)13-14-23-24-16-20(4)33(28(39)29(6,7)35,42-27(38)26-12-11-15-41-26)32(24,10-2)21(5)30(8,40)34(23,31)36/h11-12,15,17-18,20-21,23-24,40H,9-10,13-14,16H2,1-8H3/t20-,21?,23+,24-,30+,31?,32+,33+,34+/m1/s1/i11D,12D,15D. The molecule has 8 heteroatoms. The zero-order valence-electron chi connectivity index (χ0n) is 28.7. The average Bonchev–Trinajstić information content (AvgIpc) is 3.37. The van der Waals surface area contributed by atoms with Crippen molar-refractivity contribution >= 4 is 40.7 Å². The summed E-state index contributed by atoms with van der Waals surface area (Å²) >= 11 is 14.8. The molecule has 2 unspecified atom stereocenters. The first-order chi connectivity index (χ1) is 20.7. The lowest BCUT2D eigenvalue weighted by Crippen LogP contribution is -2.78. The Bertz CT molecular complexity index is 1540. The molecule has 3 fully saturated rings. The van der Waals surface area contributed by atoms with Gasteiger partial charge in [-0.05, 0) is 101 Å². The van der Waals surface area contributed by atoms with Crippen LogP contribution in [-0.4, -0.2) is 43.6 Å². The molecular formula is C34H44Cl2O6. The fraction of sp³-hybridized carbons (Fsp3) is 0.676. The number of allylic oxidation sites excluding steroid dienone is 4. The van der Waals surface area contributed by atoms with E-state index in [0.29, 0.717) is 37.7 Å². The van der Waals surface area contributed by atoms with Gasteiger partial charge in [-0.3, -0.25) is 9.59 Å². The number of hydrogen-bond donors (Lipinski definition) is 1. The molecule has 1 aromatic heterocycles. The van der Waals surface area contributed by atoms with Crippen LogP contribution < -0.4 is 0 Å². The van der Waals surface area contributed by atoms with E-state index in [2.05, 4.69) is 0 Å². The Morgan fingerprint density at radius 1 is 1.24 bits per heavy atom. The highest BCUT2D eigenvalue weighted by Crippen LogP contribution is 2.77. The summed E-state index contributed by atoms with van der Waals surface area (Å²) in [6, 6.07) is -1.16. The van der Waals surface area contributed by atoms with Gasteiger partial charge in [0.1, 0.15) is 6.24 Å². The third kappa shape index (κ3) is 3.58. The maximum atomic E-state index is 14.8. The molecule has 42 heavy (non-hydrogen) atoms. The van der Waals surface area contributed by atoms with E-state index in [-0.39, 0.29) is 17.6 Å². The molecule has 5 rings (SSSR count). The molecule has 1 N–H and O–H groups in total. The van der Waals surface area contributed by atoms with Crippen molar-refractivity contribution < 1.29 is 32.8 Å². The highest BCUT2D eigenvalue weighted by Gasteiger charge is 2.83. The summed E-state index contributed by atoms with van der Waals surface area (Å²) in [6.07, 6.45) is 5.46. The van der Waals surface area contributed by atoms with Gasteiger partial charge in [0.2, 0.25) is 5.76 Å². The zero-order chi connectivity index (χ0) is 33.9. The number of esters is 1. The van der Waals surface area contributed by atoms with E-state index >= 15 is 0 Å². The Labute approximate surface area is 263 Å². The SMILES string of the molecule is [2H]c1oc(C(=O)O[C@]2(C(=O)C(C)(C)Cl)[C@H](C)C[C@@H]3[C@@H]4CCC5=CC(=O)C(C)=CC5(CC)[C@@]4(Cl)[C@@](C)(O)C(C)[C@@]32CC)c([2H])c1[2H]. The molecule has 4 aliphatic carbocycles. The van der Waals surface area contributed by atoms with Crippen molar-refractivity contribution in [3.63, 3.8) is 0 Å². The lowest BCUT2D eigenvalue weighted by atomic mass is 9.37. The minimum absolute atomic E-state index is 0.0621. The van der Waals surface area contributed by atoms with E-state index in [1.54, 1.807) is 33.8 Å². The number of carbonyl (C=O) groups is 3. The molecule has 0 amide bonds. The lowest BCUT2D eigenvalue weighted by Gasteiger charge is -2.71. The van der Waals surface area contributed by atoms with Crippen LogP contribution in [0.2, 0.25) is 0 Å². The number of rotatable bonds is 6. The van der Waals surface area contributed by atoms with Gasteiger partial charge < -0.3 is 14.3 Å². The van der Waals surface area contributed by atoms with E-state index < -0.39 is 79.5 Å². The summed E-state index contributed by atoms with van der Waals surface area (Å²) in [6.45, 7) is 14.3. The second-order valence-corrected chi connectivity index (χ2v) is 15.3. The summed E-state index contributed by atoms with van der Waals surface area (Å²) in [5.74, 6) is -4.29. The van der Waals surface area contributed by atoms with Gasteiger partial charge in [-0.1, -0.05) is 39.3 Å². The van der Waals surface area contributed by atoms with E-state index in [0.717, 1.165) is 5.57 Å². The highest BCUT2D eigenvalue weighted by atomic mass is 35.5. The van der Waals surface area contributed by atoms with Gasteiger partial charge in [-0.25, -0.2) is 4.79 Å². The molecule has 4 aliphatic rings. The number of hydrogen-bond acceptors (Lipinski definition) is 6. The molecule has 9 atom stereocenters. The molecule has 1 heterocycles. The van der Waals surface area contributed by atoms with Crippen LogP contribution in [0.4, 0.5) is 0 Å². The molecule has 0 spiro atoms. The predicted octanol–water partition coefficient (Wildman–Crippen LogP) is 7.45. The first-order valence-electron chi connectivity index (χ1n) is 16.6. The number of ketones is 2. The second kappa shape index (κ2) is 9.81. The first-order valence-corrected chi connectivity index (χ1v) is 15.8. The number of alkyl halides is 2. The molecule has 0 aromatic carbocycles. The van der Waals surface area contributed by atoms with Gasteiger partial charge >= 0.3 is 5.97 Å². The van der Waals surface area contributed by atoms with Gasteiger partial charge in [0.25, 0.3) is 0 Å². The third-order valence-corrected chi connectivity index (χ3v) is 13.1. The van der Waals surface area contributed by atoms with Gasteiger partial charge in [0.15, 0.2) is 17.2 Å². The minimum Gasteiger partial charge on any atom is -0.457 e. The number of ether oxygens (including phenoxy) is 1. The van der Waals surface area contributed by atoms with Crippen LogP contribution in [-0.2, 0) is 14.3 Å². The molecule has 0 saturated heterocycles. The molecule has 0 bridgehead atoms. The third-order valence-electron chi connectivity index (χ3n) is 11.9. The molecule has 1 aromatic rings. The van der Waals surface area contributed by atoms with Gasteiger partial charge in [-0.2, -0.15) is 0 Å². The van der Waals surface area contributed by atoms with E-state index in [4.69, 9.17) is 36.5 Å². The van der Waals surface area contributed by atoms with Crippen molar-refractivity contribution in [2.24, 2.45) is 34.5 Å². The van der Waals surface area contributed by atoms with Crippen LogP contribution in [0.15, 0.2) is 46.0 Å². The monoisotopic (exact) mass is 621 g/mol. The molecule has 0 aliphatic heterocycles. The Hall–Kier alpha value is -1.89. The average molecular weight is 623 g/mol. The normalized spacial score (nSPS) is 44.1. The number of carbonyl (C=O) groups excluding carboxylic acids is 3.